The van der Waals surface area contributed by atoms with Gasteiger partial charge in [0.2, 0.25) is 0 Å². The summed E-state index contributed by atoms with van der Waals surface area (Å²) in [7, 11) is 1.63. The molecule has 0 aliphatic rings. The highest BCUT2D eigenvalue weighted by Crippen LogP contribution is 2.29. The van der Waals surface area contributed by atoms with E-state index in [9.17, 15) is 5.26 Å². The molecule has 2 aromatic rings. The zero-order valence-electron chi connectivity index (χ0n) is 11.1. The second-order valence-electron chi connectivity index (χ2n) is 4.71. The van der Waals surface area contributed by atoms with Crippen molar-refractivity contribution in [1.82, 2.24) is 4.98 Å². The van der Waals surface area contributed by atoms with Crippen LogP contribution >= 0.6 is 0 Å². The zero-order valence-corrected chi connectivity index (χ0v) is 11.1. The summed E-state index contributed by atoms with van der Waals surface area (Å²) in [4.78, 5) is 4.10. The number of methoxy groups -OCH3 is 1. The monoisotopic (exact) mass is 252 g/mol. The molecule has 0 saturated carbocycles. The van der Waals surface area contributed by atoms with Gasteiger partial charge in [-0.15, -0.1) is 0 Å². The van der Waals surface area contributed by atoms with E-state index in [4.69, 9.17) is 4.74 Å². The summed E-state index contributed by atoms with van der Waals surface area (Å²) in [6.45, 7) is 1.94. The molecule has 0 fully saturated rings. The van der Waals surface area contributed by atoms with E-state index in [2.05, 4.69) is 11.1 Å². The predicted octanol–water partition coefficient (Wildman–Crippen LogP) is 3.11. The van der Waals surface area contributed by atoms with Gasteiger partial charge in [-0.1, -0.05) is 18.2 Å². The normalized spacial score (nSPS) is 13.3. The van der Waals surface area contributed by atoms with Gasteiger partial charge in [-0.25, -0.2) is 0 Å². The van der Waals surface area contributed by atoms with Crippen LogP contribution in [0.25, 0.3) is 0 Å². The van der Waals surface area contributed by atoms with Crippen molar-refractivity contribution in [3.8, 4) is 11.8 Å². The van der Waals surface area contributed by atoms with Crippen LogP contribution < -0.4 is 4.74 Å². The van der Waals surface area contributed by atoms with Crippen molar-refractivity contribution in [2.24, 2.45) is 0 Å². The summed E-state index contributed by atoms with van der Waals surface area (Å²) in [6, 6.07) is 14.0. The van der Waals surface area contributed by atoms with Gasteiger partial charge in [0.05, 0.1) is 18.6 Å². The van der Waals surface area contributed by atoms with Crippen LogP contribution in [0.4, 0.5) is 0 Å². The van der Waals surface area contributed by atoms with Crippen molar-refractivity contribution in [2.45, 2.75) is 18.8 Å². The fourth-order valence-electron chi connectivity index (χ4n) is 2.08. The van der Waals surface area contributed by atoms with Gasteiger partial charge in [0.1, 0.15) is 5.75 Å². The van der Waals surface area contributed by atoms with Crippen LogP contribution in [0.3, 0.4) is 0 Å². The molecule has 96 valence electrons. The molecule has 0 saturated heterocycles. The lowest BCUT2D eigenvalue weighted by Gasteiger charge is -2.22. The first-order valence-electron chi connectivity index (χ1n) is 6.12. The van der Waals surface area contributed by atoms with E-state index >= 15 is 0 Å². The fraction of sp³-hybridized carbons (Fsp3) is 0.250. The van der Waals surface area contributed by atoms with Gasteiger partial charge < -0.3 is 4.74 Å². The van der Waals surface area contributed by atoms with Crippen LogP contribution in [0.5, 0.6) is 5.75 Å². The van der Waals surface area contributed by atoms with Gasteiger partial charge in [-0.05, 0) is 42.7 Å². The molecule has 3 heteroatoms. The number of rotatable bonds is 4. The van der Waals surface area contributed by atoms with Gasteiger partial charge in [0.15, 0.2) is 0 Å². The molecule has 0 spiro atoms. The Bertz CT molecular complexity index is 589. The molecule has 0 N–H and O–H groups in total. The summed E-state index contributed by atoms with van der Waals surface area (Å²) < 4.78 is 5.22. The van der Waals surface area contributed by atoms with Crippen LogP contribution in [0.15, 0.2) is 48.8 Å². The number of aromatic nitrogens is 1. The van der Waals surface area contributed by atoms with E-state index in [1.54, 1.807) is 19.5 Å². The van der Waals surface area contributed by atoms with Crippen molar-refractivity contribution in [3.63, 3.8) is 0 Å². The topological polar surface area (TPSA) is 45.9 Å². The van der Waals surface area contributed by atoms with Crippen LogP contribution in [-0.2, 0) is 11.8 Å². The molecule has 1 aromatic carbocycles. The highest BCUT2D eigenvalue weighted by atomic mass is 16.5. The fourth-order valence-corrected chi connectivity index (χ4v) is 2.08. The Morgan fingerprint density at radius 2 is 2.16 bits per heavy atom. The second-order valence-corrected chi connectivity index (χ2v) is 4.71. The summed E-state index contributed by atoms with van der Waals surface area (Å²) in [5, 5.41) is 9.55. The summed E-state index contributed by atoms with van der Waals surface area (Å²) in [6.07, 6.45) is 4.17. The predicted molar refractivity (Wildman–Crippen MR) is 73.9 cm³/mol. The molecule has 1 unspecified atom stereocenters. The summed E-state index contributed by atoms with van der Waals surface area (Å²) in [5.41, 5.74) is 1.42. The third-order valence-electron chi connectivity index (χ3n) is 3.23. The molecule has 0 bridgehead atoms. The lowest BCUT2D eigenvalue weighted by molar-refractivity contribution is 0.413. The van der Waals surface area contributed by atoms with Gasteiger partial charge >= 0.3 is 0 Å². The van der Waals surface area contributed by atoms with Crippen molar-refractivity contribution >= 4 is 0 Å². The Balaban J connectivity index is 2.34. The SMILES string of the molecule is COc1cccc(C(C)(C#N)Cc2cccnc2)c1. The molecule has 19 heavy (non-hydrogen) atoms. The first kappa shape index (κ1) is 13.1. The maximum atomic E-state index is 9.55. The maximum Gasteiger partial charge on any atom is 0.119 e. The average molecular weight is 252 g/mol. The first-order chi connectivity index (χ1) is 9.18. The van der Waals surface area contributed by atoms with Crippen molar-refractivity contribution in [3.05, 3.63) is 59.9 Å². The summed E-state index contributed by atoms with van der Waals surface area (Å²) in [5.74, 6) is 0.769. The molecule has 0 aliphatic heterocycles. The van der Waals surface area contributed by atoms with E-state index in [0.29, 0.717) is 6.42 Å². The lowest BCUT2D eigenvalue weighted by Crippen LogP contribution is -2.22. The third-order valence-corrected chi connectivity index (χ3v) is 3.23. The number of benzene rings is 1. The maximum absolute atomic E-state index is 9.55. The molecule has 1 atom stereocenters. The number of hydrogen-bond acceptors (Lipinski definition) is 3. The number of ether oxygens (including phenoxy) is 1. The highest BCUT2D eigenvalue weighted by molar-refractivity contribution is 5.39. The Kier molecular flexibility index (Phi) is 3.82. The third kappa shape index (κ3) is 2.92. The number of pyridine rings is 1. The van der Waals surface area contributed by atoms with Gasteiger partial charge in [-0.2, -0.15) is 5.26 Å². The van der Waals surface area contributed by atoms with E-state index in [1.165, 1.54) is 0 Å². The van der Waals surface area contributed by atoms with Crippen LogP contribution in [0.2, 0.25) is 0 Å². The Hall–Kier alpha value is -2.34. The minimum absolute atomic E-state index is 0.586. The Morgan fingerprint density at radius 3 is 2.79 bits per heavy atom. The minimum atomic E-state index is -0.586. The Labute approximate surface area is 113 Å². The molecular weight excluding hydrogens is 236 g/mol. The van der Waals surface area contributed by atoms with Crippen LogP contribution in [-0.4, -0.2) is 12.1 Å². The quantitative estimate of drug-likeness (QED) is 0.839. The van der Waals surface area contributed by atoms with E-state index < -0.39 is 5.41 Å². The molecule has 0 aliphatic carbocycles. The molecule has 1 heterocycles. The number of nitriles is 1. The van der Waals surface area contributed by atoms with Crippen molar-refractivity contribution in [1.29, 1.82) is 5.26 Å². The van der Waals surface area contributed by atoms with E-state index in [0.717, 1.165) is 16.9 Å². The Morgan fingerprint density at radius 1 is 1.32 bits per heavy atom. The van der Waals surface area contributed by atoms with E-state index in [1.807, 2.05) is 43.3 Å². The minimum Gasteiger partial charge on any atom is -0.497 e. The second kappa shape index (κ2) is 5.53. The summed E-state index contributed by atoms with van der Waals surface area (Å²) >= 11 is 0. The molecule has 0 amide bonds. The molecule has 0 radical (unpaired) electrons. The molecular formula is C16H16N2O. The van der Waals surface area contributed by atoms with Crippen molar-refractivity contribution < 1.29 is 4.74 Å². The van der Waals surface area contributed by atoms with Crippen LogP contribution in [0, 0.1) is 11.3 Å². The zero-order chi connectivity index (χ0) is 13.7. The standard InChI is InChI=1S/C16H16N2O/c1-16(12-17,10-13-5-4-8-18-11-13)14-6-3-7-15(9-14)19-2/h3-9,11H,10H2,1-2H3. The smallest absolute Gasteiger partial charge is 0.119 e. The van der Waals surface area contributed by atoms with Gasteiger partial charge in [0, 0.05) is 12.4 Å². The largest absolute Gasteiger partial charge is 0.497 e. The average Bonchev–Trinajstić information content (AvgIpc) is 2.48. The van der Waals surface area contributed by atoms with Gasteiger partial charge in [-0.3, -0.25) is 4.98 Å². The van der Waals surface area contributed by atoms with Crippen LogP contribution in [0.1, 0.15) is 18.1 Å². The number of hydrogen-bond donors (Lipinski definition) is 0. The van der Waals surface area contributed by atoms with Gasteiger partial charge in [0.25, 0.3) is 0 Å². The number of nitrogens with zero attached hydrogens (tertiary/aromatic N) is 2. The first-order valence-corrected chi connectivity index (χ1v) is 6.12. The lowest BCUT2D eigenvalue weighted by atomic mass is 9.79. The van der Waals surface area contributed by atoms with E-state index in [-0.39, 0.29) is 0 Å². The molecule has 2 rings (SSSR count). The molecule has 1 aromatic heterocycles. The molecule has 3 nitrogen and oxygen atoms in total. The van der Waals surface area contributed by atoms with Crippen molar-refractivity contribution in [2.75, 3.05) is 7.11 Å². The highest BCUT2D eigenvalue weighted by Gasteiger charge is 2.27.